The molecule has 0 fully saturated rings. The quantitative estimate of drug-likeness (QED) is 0.664. The second-order valence-electron chi connectivity index (χ2n) is 3.02. The molecule has 0 radical (unpaired) electrons. The van der Waals surface area contributed by atoms with Gasteiger partial charge in [0.2, 0.25) is 0 Å². The van der Waals surface area contributed by atoms with Crippen LogP contribution in [0.3, 0.4) is 0 Å². The summed E-state index contributed by atoms with van der Waals surface area (Å²) in [5.74, 6) is 0. The highest BCUT2D eigenvalue weighted by Crippen LogP contribution is 2.10. The van der Waals surface area contributed by atoms with Crippen molar-refractivity contribution in [3.05, 3.63) is 0 Å². The highest BCUT2D eigenvalue weighted by Gasteiger charge is 2.23. The van der Waals surface area contributed by atoms with Crippen LogP contribution in [-0.2, 0) is 10.2 Å². The normalized spacial score (nSPS) is 14.0. The summed E-state index contributed by atoms with van der Waals surface area (Å²) < 4.78 is 34.7. The number of nitrogens with two attached hydrogens (primary N) is 1. The van der Waals surface area contributed by atoms with E-state index in [2.05, 4.69) is 0 Å². The van der Waals surface area contributed by atoms with Gasteiger partial charge in [0, 0.05) is 13.6 Å². The molecule has 0 aliphatic heterocycles. The maximum Gasteiger partial charge on any atom is 0.276 e. The third kappa shape index (κ3) is 5.11. The maximum atomic E-state index is 12.8. The first kappa shape index (κ1) is 10.8. The van der Waals surface area contributed by atoms with Crippen molar-refractivity contribution in [2.75, 3.05) is 13.6 Å². The second-order valence-corrected chi connectivity index (χ2v) is 4.67. The smallest absolute Gasteiger partial charge is 0.243 e. The standard InChI is InChI=1S/C5H13FN2O2S/c1-5(2,6)4-8(3)11(7,9)10/h4H2,1-3H3,(H2,7,9,10). The van der Waals surface area contributed by atoms with E-state index >= 15 is 0 Å². The first-order valence-corrected chi connectivity index (χ1v) is 4.56. The van der Waals surface area contributed by atoms with Crippen LogP contribution in [0.2, 0.25) is 0 Å². The lowest BCUT2D eigenvalue weighted by Gasteiger charge is -2.20. The Bertz CT molecular complexity index is 219. The zero-order valence-corrected chi connectivity index (χ0v) is 7.65. The van der Waals surface area contributed by atoms with Crippen LogP contribution in [0.1, 0.15) is 13.8 Å². The van der Waals surface area contributed by atoms with Gasteiger partial charge in [0.25, 0.3) is 10.2 Å². The molecule has 0 aromatic heterocycles. The molecule has 0 aliphatic rings. The van der Waals surface area contributed by atoms with Gasteiger partial charge in [-0.1, -0.05) is 0 Å². The highest BCUT2D eigenvalue weighted by molar-refractivity contribution is 7.86. The topological polar surface area (TPSA) is 63.4 Å². The van der Waals surface area contributed by atoms with Gasteiger partial charge in [-0.25, -0.2) is 9.53 Å². The molecule has 0 bridgehead atoms. The average molecular weight is 184 g/mol. The predicted molar refractivity (Wildman–Crippen MR) is 40.9 cm³/mol. The minimum atomic E-state index is -3.74. The fourth-order valence-corrected chi connectivity index (χ4v) is 1.11. The van der Waals surface area contributed by atoms with Crippen LogP contribution >= 0.6 is 0 Å². The minimum Gasteiger partial charge on any atom is -0.243 e. The van der Waals surface area contributed by atoms with Gasteiger partial charge in [-0.2, -0.15) is 12.7 Å². The molecule has 4 nitrogen and oxygen atoms in total. The van der Waals surface area contributed by atoms with E-state index in [1.165, 1.54) is 20.9 Å². The highest BCUT2D eigenvalue weighted by atomic mass is 32.2. The SMILES string of the molecule is CN(CC(C)(C)F)S(N)(=O)=O. The molecular formula is C5H13FN2O2S. The van der Waals surface area contributed by atoms with Crippen molar-refractivity contribution in [2.24, 2.45) is 5.14 Å². The average Bonchev–Trinajstić information content (AvgIpc) is 1.56. The molecule has 0 unspecified atom stereocenters. The van der Waals surface area contributed by atoms with Gasteiger partial charge in [0.1, 0.15) is 5.67 Å². The van der Waals surface area contributed by atoms with Crippen LogP contribution in [0, 0.1) is 0 Å². The van der Waals surface area contributed by atoms with E-state index in [-0.39, 0.29) is 6.54 Å². The number of hydrogen-bond acceptors (Lipinski definition) is 2. The van der Waals surface area contributed by atoms with Crippen LogP contribution in [0.4, 0.5) is 4.39 Å². The summed E-state index contributed by atoms with van der Waals surface area (Å²) in [7, 11) is -2.51. The molecule has 0 saturated heterocycles. The van der Waals surface area contributed by atoms with Crippen LogP contribution < -0.4 is 5.14 Å². The first-order chi connectivity index (χ1) is 4.63. The van der Waals surface area contributed by atoms with Crippen LogP contribution in [0.15, 0.2) is 0 Å². The molecule has 0 atom stereocenters. The number of alkyl halides is 1. The Hall–Kier alpha value is -0.200. The summed E-state index contributed by atoms with van der Waals surface area (Å²) in [6, 6.07) is 0. The molecule has 0 spiro atoms. The zero-order chi connectivity index (χ0) is 9.28. The Kier molecular flexibility index (Phi) is 2.98. The monoisotopic (exact) mass is 184 g/mol. The molecule has 0 heterocycles. The van der Waals surface area contributed by atoms with Gasteiger partial charge in [-0.05, 0) is 13.8 Å². The van der Waals surface area contributed by atoms with Gasteiger partial charge in [0.15, 0.2) is 0 Å². The Labute approximate surface area is 66.4 Å². The van der Waals surface area contributed by atoms with Crippen molar-refractivity contribution in [1.29, 1.82) is 0 Å². The van der Waals surface area contributed by atoms with Crippen molar-refractivity contribution in [2.45, 2.75) is 19.5 Å². The molecule has 0 aromatic rings. The summed E-state index contributed by atoms with van der Waals surface area (Å²) >= 11 is 0. The largest absolute Gasteiger partial charge is 0.276 e. The Morgan fingerprint density at radius 3 is 2.00 bits per heavy atom. The predicted octanol–water partition coefficient (Wildman–Crippen LogP) is -0.130. The molecule has 0 rings (SSSR count). The van der Waals surface area contributed by atoms with Crippen LogP contribution in [-0.4, -0.2) is 32.0 Å². The molecule has 6 heteroatoms. The third-order valence-electron chi connectivity index (χ3n) is 1.03. The van der Waals surface area contributed by atoms with E-state index in [0.717, 1.165) is 4.31 Å². The van der Waals surface area contributed by atoms with Crippen molar-refractivity contribution in [1.82, 2.24) is 4.31 Å². The molecule has 0 aliphatic carbocycles. The van der Waals surface area contributed by atoms with Crippen molar-refractivity contribution in [3.63, 3.8) is 0 Å². The summed E-state index contributed by atoms with van der Waals surface area (Å²) in [4.78, 5) is 0. The van der Waals surface area contributed by atoms with Gasteiger partial charge in [-0.15, -0.1) is 0 Å². The maximum absolute atomic E-state index is 12.8. The van der Waals surface area contributed by atoms with Gasteiger partial charge in [-0.3, -0.25) is 0 Å². The van der Waals surface area contributed by atoms with E-state index in [0.29, 0.717) is 0 Å². The Morgan fingerprint density at radius 1 is 1.55 bits per heavy atom. The molecule has 0 saturated carbocycles. The lowest BCUT2D eigenvalue weighted by molar-refractivity contribution is 0.182. The second kappa shape index (κ2) is 3.04. The Morgan fingerprint density at radius 2 is 1.91 bits per heavy atom. The first-order valence-electron chi connectivity index (χ1n) is 3.06. The van der Waals surface area contributed by atoms with E-state index in [4.69, 9.17) is 5.14 Å². The summed E-state index contributed by atoms with van der Waals surface area (Å²) in [5.41, 5.74) is -1.55. The number of halogens is 1. The van der Waals surface area contributed by atoms with Crippen LogP contribution in [0.5, 0.6) is 0 Å². The lowest BCUT2D eigenvalue weighted by atomic mass is 10.2. The fourth-order valence-electron chi connectivity index (χ4n) is 0.619. The van der Waals surface area contributed by atoms with E-state index in [9.17, 15) is 12.8 Å². The summed E-state index contributed by atoms with van der Waals surface area (Å²) in [6.45, 7) is 2.34. The van der Waals surface area contributed by atoms with E-state index < -0.39 is 15.9 Å². The third-order valence-corrected chi connectivity index (χ3v) is 2.03. The molecule has 0 amide bonds. The zero-order valence-electron chi connectivity index (χ0n) is 6.83. The van der Waals surface area contributed by atoms with E-state index in [1.807, 2.05) is 0 Å². The summed E-state index contributed by atoms with van der Waals surface area (Å²) in [6.07, 6.45) is 0. The molecular weight excluding hydrogens is 171 g/mol. The number of rotatable bonds is 3. The molecule has 68 valence electrons. The molecule has 11 heavy (non-hydrogen) atoms. The number of hydrogen-bond donors (Lipinski definition) is 1. The van der Waals surface area contributed by atoms with Gasteiger partial charge < -0.3 is 0 Å². The van der Waals surface area contributed by atoms with Crippen molar-refractivity contribution < 1.29 is 12.8 Å². The van der Waals surface area contributed by atoms with Crippen molar-refractivity contribution in [3.8, 4) is 0 Å². The van der Waals surface area contributed by atoms with Gasteiger partial charge in [0.05, 0.1) is 0 Å². The van der Waals surface area contributed by atoms with Gasteiger partial charge >= 0.3 is 0 Å². The number of nitrogens with zero attached hydrogens (tertiary/aromatic N) is 1. The van der Waals surface area contributed by atoms with Crippen LogP contribution in [0.25, 0.3) is 0 Å². The van der Waals surface area contributed by atoms with E-state index in [1.54, 1.807) is 0 Å². The molecule has 0 aromatic carbocycles. The minimum absolute atomic E-state index is 0.230. The molecule has 2 N–H and O–H groups in total. The lowest BCUT2D eigenvalue weighted by Crippen LogP contribution is -2.40. The fraction of sp³-hybridized carbons (Fsp3) is 1.00. The van der Waals surface area contributed by atoms with Crippen molar-refractivity contribution >= 4 is 10.2 Å². The summed E-state index contributed by atoms with van der Waals surface area (Å²) in [5, 5.41) is 4.72. The Balaban J connectivity index is 4.22.